The standard InChI is InChI=1S/C19H36N2O3/c1-4-5-6-7-8-9-10-11-12-13-14-20-19(23)21-15-16-24-18(22)17(2)3/h2,4-16H2,1,3H3,(H2,20,21,23). The van der Waals surface area contributed by atoms with Crippen LogP contribution in [0.4, 0.5) is 4.79 Å². The van der Waals surface area contributed by atoms with Crippen molar-refractivity contribution in [1.82, 2.24) is 10.6 Å². The summed E-state index contributed by atoms with van der Waals surface area (Å²) in [6.45, 7) is 8.48. The van der Waals surface area contributed by atoms with Gasteiger partial charge in [-0.2, -0.15) is 0 Å². The molecule has 0 aliphatic carbocycles. The van der Waals surface area contributed by atoms with E-state index in [2.05, 4.69) is 24.1 Å². The zero-order valence-corrected chi connectivity index (χ0v) is 15.6. The fourth-order valence-electron chi connectivity index (χ4n) is 2.31. The summed E-state index contributed by atoms with van der Waals surface area (Å²) in [4.78, 5) is 22.6. The van der Waals surface area contributed by atoms with Gasteiger partial charge in [0.15, 0.2) is 0 Å². The normalized spacial score (nSPS) is 10.2. The minimum atomic E-state index is -0.428. The first-order valence-corrected chi connectivity index (χ1v) is 9.42. The van der Waals surface area contributed by atoms with Crippen LogP contribution in [0.3, 0.4) is 0 Å². The average molecular weight is 341 g/mol. The van der Waals surface area contributed by atoms with E-state index in [4.69, 9.17) is 4.74 Å². The number of carbonyl (C=O) groups is 2. The summed E-state index contributed by atoms with van der Waals surface area (Å²) in [7, 11) is 0. The van der Waals surface area contributed by atoms with Gasteiger partial charge in [-0.15, -0.1) is 0 Å². The molecule has 0 heterocycles. The Hall–Kier alpha value is -1.52. The van der Waals surface area contributed by atoms with Gasteiger partial charge in [0, 0.05) is 12.1 Å². The minimum Gasteiger partial charge on any atom is -0.460 e. The molecule has 0 atom stereocenters. The highest BCUT2D eigenvalue weighted by Gasteiger charge is 2.03. The van der Waals surface area contributed by atoms with E-state index in [1.807, 2.05) is 0 Å². The summed E-state index contributed by atoms with van der Waals surface area (Å²) in [6.07, 6.45) is 12.8. The lowest BCUT2D eigenvalue weighted by atomic mass is 10.1. The minimum absolute atomic E-state index is 0.164. The quantitative estimate of drug-likeness (QED) is 0.265. The highest BCUT2D eigenvalue weighted by atomic mass is 16.5. The van der Waals surface area contributed by atoms with Crippen molar-refractivity contribution in [3.05, 3.63) is 12.2 Å². The van der Waals surface area contributed by atoms with Crippen LogP contribution in [0, 0.1) is 0 Å². The fourth-order valence-corrected chi connectivity index (χ4v) is 2.31. The van der Waals surface area contributed by atoms with Gasteiger partial charge in [0.1, 0.15) is 6.61 Å². The number of nitrogens with one attached hydrogen (secondary N) is 2. The first kappa shape index (κ1) is 22.5. The summed E-state index contributed by atoms with van der Waals surface area (Å²) >= 11 is 0. The van der Waals surface area contributed by atoms with Crippen molar-refractivity contribution >= 4 is 12.0 Å². The highest BCUT2D eigenvalue weighted by molar-refractivity contribution is 5.86. The first-order chi connectivity index (χ1) is 11.6. The van der Waals surface area contributed by atoms with E-state index in [1.54, 1.807) is 6.92 Å². The zero-order valence-electron chi connectivity index (χ0n) is 15.6. The predicted octanol–water partition coefficient (Wildman–Crippen LogP) is 4.33. The van der Waals surface area contributed by atoms with Gasteiger partial charge in [-0.3, -0.25) is 0 Å². The molecule has 0 aliphatic rings. The summed E-state index contributed by atoms with van der Waals surface area (Å²) < 4.78 is 4.88. The molecular weight excluding hydrogens is 304 g/mol. The van der Waals surface area contributed by atoms with Crippen LogP contribution < -0.4 is 10.6 Å². The Balaban J connectivity index is 3.26. The van der Waals surface area contributed by atoms with Gasteiger partial charge in [0.2, 0.25) is 0 Å². The molecular formula is C19H36N2O3. The topological polar surface area (TPSA) is 67.4 Å². The Morgan fingerprint density at radius 1 is 0.833 bits per heavy atom. The molecule has 0 aromatic heterocycles. The Kier molecular flexibility index (Phi) is 15.3. The zero-order chi connectivity index (χ0) is 18.0. The first-order valence-electron chi connectivity index (χ1n) is 9.42. The van der Waals surface area contributed by atoms with E-state index in [1.165, 1.54) is 51.4 Å². The number of urea groups is 1. The number of hydrogen-bond donors (Lipinski definition) is 2. The van der Waals surface area contributed by atoms with Gasteiger partial charge >= 0.3 is 12.0 Å². The van der Waals surface area contributed by atoms with E-state index in [0.29, 0.717) is 18.7 Å². The number of unbranched alkanes of at least 4 members (excludes halogenated alkanes) is 9. The molecule has 0 rings (SSSR count). The summed E-state index contributed by atoms with van der Waals surface area (Å²) in [5.74, 6) is -0.428. The molecule has 5 nitrogen and oxygen atoms in total. The van der Waals surface area contributed by atoms with E-state index in [-0.39, 0.29) is 12.6 Å². The van der Waals surface area contributed by atoms with Crippen molar-refractivity contribution in [2.75, 3.05) is 19.7 Å². The van der Waals surface area contributed by atoms with Crippen LogP contribution in [0.5, 0.6) is 0 Å². The lowest BCUT2D eigenvalue weighted by Crippen LogP contribution is -2.38. The van der Waals surface area contributed by atoms with Crippen LogP contribution in [0.2, 0.25) is 0 Å². The lowest BCUT2D eigenvalue weighted by Gasteiger charge is -2.08. The molecule has 0 radical (unpaired) electrons. The third-order valence-electron chi connectivity index (χ3n) is 3.79. The lowest BCUT2D eigenvalue weighted by molar-refractivity contribution is -0.138. The SMILES string of the molecule is C=C(C)C(=O)OCCNC(=O)NCCCCCCCCCCCC. The average Bonchev–Trinajstić information content (AvgIpc) is 2.56. The predicted molar refractivity (Wildman–Crippen MR) is 99.0 cm³/mol. The summed E-state index contributed by atoms with van der Waals surface area (Å²) in [5, 5.41) is 5.47. The number of carbonyl (C=O) groups excluding carboxylic acids is 2. The van der Waals surface area contributed by atoms with E-state index in [0.717, 1.165) is 12.8 Å². The maximum Gasteiger partial charge on any atom is 0.333 e. The molecule has 0 fully saturated rings. The third-order valence-corrected chi connectivity index (χ3v) is 3.79. The van der Waals surface area contributed by atoms with Crippen molar-refractivity contribution in [3.8, 4) is 0 Å². The molecule has 0 spiro atoms. The molecule has 0 saturated carbocycles. The Bertz CT molecular complexity index is 357. The number of hydrogen-bond acceptors (Lipinski definition) is 3. The van der Waals surface area contributed by atoms with Crippen molar-refractivity contribution in [2.24, 2.45) is 0 Å². The van der Waals surface area contributed by atoms with Crippen molar-refractivity contribution in [1.29, 1.82) is 0 Å². The van der Waals surface area contributed by atoms with Crippen molar-refractivity contribution in [2.45, 2.75) is 78.1 Å². The molecule has 0 aromatic rings. The van der Waals surface area contributed by atoms with Crippen LogP contribution in [0.1, 0.15) is 78.1 Å². The maximum absolute atomic E-state index is 11.5. The summed E-state index contributed by atoms with van der Waals surface area (Å²) in [6, 6.07) is -0.211. The third kappa shape index (κ3) is 15.4. The van der Waals surface area contributed by atoms with Crippen LogP contribution in [0.25, 0.3) is 0 Å². The largest absolute Gasteiger partial charge is 0.460 e. The second-order valence-electron chi connectivity index (χ2n) is 6.28. The second-order valence-corrected chi connectivity index (χ2v) is 6.28. The molecule has 0 bridgehead atoms. The van der Waals surface area contributed by atoms with Crippen LogP contribution in [-0.2, 0) is 9.53 Å². The maximum atomic E-state index is 11.5. The Morgan fingerprint density at radius 3 is 1.88 bits per heavy atom. The Labute approximate surface area is 147 Å². The van der Waals surface area contributed by atoms with Gasteiger partial charge < -0.3 is 15.4 Å². The number of rotatable bonds is 15. The smallest absolute Gasteiger partial charge is 0.333 e. The second kappa shape index (κ2) is 16.3. The van der Waals surface area contributed by atoms with Crippen LogP contribution >= 0.6 is 0 Å². The molecule has 2 N–H and O–H groups in total. The number of esters is 1. The number of amides is 2. The Morgan fingerprint density at radius 2 is 1.33 bits per heavy atom. The molecule has 0 saturated heterocycles. The van der Waals surface area contributed by atoms with Gasteiger partial charge in [-0.1, -0.05) is 71.3 Å². The van der Waals surface area contributed by atoms with E-state index >= 15 is 0 Å². The fraction of sp³-hybridized carbons (Fsp3) is 0.789. The molecule has 0 aromatic carbocycles. The summed E-state index contributed by atoms with van der Waals surface area (Å²) in [5.41, 5.74) is 0.361. The van der Waals surface area contributed by atoms with Crippen LogP contribution in [-0.4, -0.2) is 31.7 Å². The van der Waals surface area contributed by atoms with Crippen molar-refractivity contribution in [3.63, 3.8) is 0 Å². The van der Waals surface area contributed by atoms with E-state index < -0.39 is 5.97 Å². The number of ether oxygens (including phenoxy) is 1. The van der Waals surface area contributed by atoms with Crippen molar-refractivity contribution < 1.29 is 14.3 Å². The monoisotopic (exact) mass is 340 g/mol. The molecule has 2 amide bonds. The molecule has 5 heteroatoms. The van der Waals surface area contributed by atoms with Gasteiger partial charge in [0.05, 0.1) is 6.54 Å². The molecule has 0 unspecified atom stereocenters. The van der Waals surface area contributed by atoms with Gasteiger partial charge in [-0.05, 0) is 13.3 Å². The van der Waals surface area contributed by atoms with Gasteiger partial charge in [-0.25, -0.2) is 9.59 Å². The highest BCUT2D eigenvalue weighted by Crippen LogP contribution is 2.10. The van der Waals surface area contributed by atoms with E-state index in [9.17, 15) is 9.59 Å². The van der Waals surface area contributed by atoms with Crippen LogP contribution in [0.15, 0.2) is 12.2 Å². The van der Waals surface area contributed by atoms with Gasteiger partial charge in [0.25, 0.3) is 0 Å². The molecule has 0 aliphatic heterocycles. The molecule has 24 heavy (non-hydrogen) atoms. The molecule has 140 valence electrons.